The first kappa shape index (κ1) is 15.4. The molecule has 110 valence electrons. The monoisotopic (exact) mass is 304 g/mol. The number of amides is 2. The van der Waals surface area contributed by atoms with Gasteiger partial charge >= 0.3 is 6.03 Å². The van der Waals surface area contributed by atoms with Crippen LogP contribution in [0.5, 0.6) is 0 Å². The van der Waals surface area contributed by atoms with Crippen LogP contribution in [0.3, 0.4) is 0 Å². The minimum atomic E-state index is -0.579. The highest BCUT2D eigenvalue weighted by molar-refractivity contribution is 6.31. The fraction of sp³-hybridized carbons (Fsp3) is 0.188. The quantitative estimate of drug-likeness (QED) is 0.789. The van der Waals surface area contributed by atoms with Crippen LogP contribution in [0.1, 0.15) is 24.2 Å². The summed E-state index contributed by atoms with van der Waals surface area (Å²) >= 11 is 5.92. The van der Waals surface area contributed by atoms with Gasteiger partial charge in [-0.2, -0.15) is 0 Å². The summed E-state index contributed by atoms with van der Waals surface area (Å²) in [5.41, 5.74) is 2.94. The van der Waals surface area contributed by atoms with Crippen molar-refractivity contribution in [1.29, 1.82) is 0 Å². The van der Waals surface area contributed by atoms with Crippen LogP contribution < -0.4 is 10.6 Å². The van der Waals surface area contributed by atoms with Gasteiger partial charge in [0.15, 0.2) is 0 Å². The third-order valence-corrected chi connectivity index (χ3v) is 3.31. The van der Waals surface area contributed by atoms with Gasteiger partial charge in [-0.05, 0) is 49.2 Å². The second kappa shape index (κ2) is 6.61. The van der Waals surface area contributed by atoms with Gasteiger partial charge in [-0.25, -0.2) is 4.79 Å². The summed E-state index contributed by atoms with van der Waals surface area (Å²) in [6.07, 6.45) is -0.579. The molecule has 0 aliphatic rings. The molecule has 0 heterocycles. The zero-order valence-electron chi connectivity index (χ0n) is 11.9. The highest BCUT2D eigenvalue weighted by Crippen LogP contribution is 2.21. The Labute approximate surface area is 128 Å². The molecule has 0 spiro atoms. The van der Waals surface area contributed by atoms with Gasteiger partial charge in [-0.3, -0.25) is 0 Å². The number of benzene rings is 2. The van der Waals surface area contributed by atoms with Crippen molar-refractivity contribution in [3.8, 4) is 0 Å². The number of anilines is 2. The molecule has 5 heteroatoms. The number of carbonyl (C=O) groups excluding carboxylic acids is 1. The largest absolute Gasteiger partial charge is 0.389 e. The van der Waals surface area contributed by atoms with E-state index in [-0.39, 0.29) is 6.03 Å². The molecule has 2 aromatic rings. The summed E-state index contributed by atoms with van der Waals surface area (Å²) in [4.78, 5) is 12.0. The number of aliphatic hydroxyl groups is 1. The third-order valence-electron chi connectivity index (χ3n) is 3.07. The lowest BCUT2D eigenvalue weighted by atomic mass is 10.1. The average Bonchev–Trinajstić information content (AvgIpc) is 2.43. The van der Waals surface area contributed by atoms with Crippen LogP contribution in [0.25, 0.3) is 0 Å². The van der Waals surface area contributed by atoms with Crippen molar-refractivity contribution in [3.63, 3.8) is 0 Å². The molecule has 0 aromatic heterocycles. The molecule has 2 amide bonds. The lowest BCUT2D eigenvalue weighted by molar-refractivity contribution is 0.199. The van der Waals surface area contributed by atoms with Crippen LogP contribution in [0.2, 0.25) is 5.02 Å². The van der Waals surface area contributed by atoms with Crippen LogP contribution in [-0.4, -0.2) is 11.1 Å². The molecule has 2 rings (SSSR count). The molecule has 21 heavy (non-hydrogen) atoms. The number of hydrogen-bond acceptors (Lipinski definition) is 2. The Morgan fingerprint density at radius 3 is 2.67 bits per heavy atom. The Bertz CT molecular complexity index is 656. The molecule has 0 aliphatic heterocycles. The van der Waals surface area contributed by atoms with Crippen molar-refractivity contribution in [2.45, 2.75) is 20.0 Å². The topological polar surface area (TPSA) is 61.4 Å². The predicted octanol–water partition coefficient (Wildman–Crippen LogP) is 4.35. The van der Waals surface area contributed by atoms with Gasteiger partial charge in [0.1, 0.15) is 0 Å². The highest BCUT2D eigenvalue weighted by atomic mass is 35.5. The SMILES string of the molecule is Cc1ccc(Cl)cc1NC(=O)Nc1cccc(C(C)O)c1. The van der Waals surface area contributed by atoms with Crippen molar-refractivity contribution >= 4 is 29.0 Å². The first-order chi connectivity index (χ1) is 9.95. The summed E-state index contributed by atoms with van der Waals surface area (Å²) < 4.78 is 0. The summed E-state index contributed by atoms with van der Waals surface area (Å²) in [5, 5.41) is 15.6. The molecular weight excluding hydrogens is 288 g/mol. The van der Waals surface area contributed by atoms with Gasteiger partial charge in [0, 0.05) is 16.4 Å². The van der Waals surface area contributed by atoms with Crippen LogP contribution in [0, 0.1) is 6.92 Å². The minimum absolute atomic E-state index is 0.358. The first-order valence-corrected chi connectivity index (χ1v) is 6.95. The lowest BCUT2D eigenvalue weighted by Gasteiger charge is -2.12. The van der Waals surface area contributed by atoms with Gasteiger partial charge in [-0.15, -0.1) is 0 Å². The fourth-order valence-corrected chi connectivity index (χ4v) is 2.06. The Balaban J connectivity index is 2.08. The van der Waals surface area contributed by atoms with Gasteiger partial charge < -0.3 is 15.7 Å². The predicted molar refractivity (Wildman–Crippen MR) is 85.9 cm³/mol. The van der Waals surface area contributed by atoms with E-state index >= 15 is 0 Å². The van der Waals surface area contributed by atoms with E-state index in [2.05, 4.69) is 10.6 Å². The van der Waals surface area contributed by atoms with Crippen molar-refractivity contribution in [2.24, 2.45) is 0 Å². The molecular formula is C16H17ClN2O2. The lowest BCUT2D eigenvalue weighted by Crippen LogP contribution is -2.20. The number of urea groups is 1. The maximum atomic E-state index is 12.0. The van der Waals surface area contributed by atoms with Crippen molar-refractivity contribution in [1.82, 2.24) is 0 Å². The number of aryl methyl sites for hydroxylation is 1. The molecule has 1 unspecified atom stereocenters. The van der Waals surface area contributed by atoms with E-state index < -0.39 is 6.10 Å². The zero-order chi connectivity index (χ0) is 15.4. The Hall–Kier alpha value is -2.04. The van der Waals surface area contributed by atoms with E-state index in [4.69, 9.17) is 11.6 Å². The van der Waals surface area contributed by atoms with Crippen molar-refractivity contribution in [3.05, 3.63) is 58.6 Å². The second-order valence-corrected chi connectivity index (χ2v) is 5.28. The van der Waals surface area contributed by atoms with Crippen molar-refractivity contribution in [2.75, 3.05) is 10.6 Å². The number of nitrogens with one attached hydrogen (secondary N) is 2. The first-order valence-electron chi connectivity index (χ1n) is 6.58. The number of hydrogen-bond donors (Lipinski definition) is 3. The maximum absolute atomic E-state index is 12.0. The maximum Gasteiger partial charge on any atom is 0.323 e. The van der Waals surface area contributed by atoms with Crippen LogP contribution in [0.15, 0.2) is 42.5 Å². The third kappa shape index (κ3) is 4.21. The van der Waals surface area contributed by atoms with Crippen molar-refractivity contribution < 1.29 is 9.90 Å². The number of halogens is 1. The van der Waals surface area contributed by atoms with Gasteiger partial charge in [0.25, 0.3) is 0 Å². The Kier molecular flexibility index (Phi) is 4.83. The summed E-state index contributed by atoms with van der Waals surface area (Å²) in [7, 11) is 0. The molecule has 0 saturated carbocycles. The van der Waals surface area contributed by atoms with Crippen LogP contribution in [0.4, 0.5) is 16.2 Å². The van der Waals surface area contributed by atoms with E-state index in [0.29, 0.717) is 16.4 Å². The molecule has 0 aliphatic carbocycles. The van der Waals surface area contributed by atoms with E-state index in [0.717, 1.165) is 11.1 Å². The molecule has 1 atom stereocenters. The molecule has 2 aromatic carbocycles. The molecule has 0 fully saturated rings. The summed E-state index contributed by atoms with van der Waals surface area (Å²) in [6, 6.07) is 12.0. The van der Waals surface area contributed by atoms with E-state index in [1.165, 1.54) is 0 Å². The molecule has 0 bridgehead atoms. The summed E-state index contributed by atoms with van der Waals surface area (Å²) in [6.45, 7) is 3.56. The van der Waals surface area contributed by atoms with Gasteiger partial charge in [0.05, 0.1) is 6.10 Å². The second-order valence-electron chi connectivity index (χ2n) is 4.84. The van der Waals surface area contributed by atoms with Crippen LogP contribution in [-0.2, 0) is 0 Å². The Morgan fingerprint density at radius 2 is 1.95 bits per heavy atom. The summed E-state index contributed by atoms with van der Waals surface area (Å²) in [5.74, 6) is 0. The fourth-order valence-electron chi connectivity index (χ4n) is 1.89. The minimum Gasteiger partial charge on any atom is -0.389 e. The molecule has 0 saturated heterocycles. The van der Waals surface area contributed by atoms with Crippen LogP contribution >= 0.6 is 11.6 Å². The van der Waals surface area contributed by atoms with Gasteiger partial charge in [-0.1, -0.05) is 29.8 Å². The van der Waals surface area contributed by atoms with E-state index in [1.54, 1.807) is 43.3 Å². The zero-order valence-corrected chi connectivity index (χ0v) is 12.6. The van der Waals surface area contributed by atoms with E-state index in [9.17, 15) is 9.90 Å². The molecule has 0 radical (unpaired) electrons. The van der Waals surface area contributed by atoms with Gasteiger partial charge in [0.2, 0.25) is 0 Å². The average molecular weight is 305 g/mol. The molecule has 4 nitrogen and oxygen atoms in total. The number of rotatable bonds is 3. The normalized spacial score (nSPS) is 11.8. The highest BCUT2D eigenvalue weighted by Gasteiger charge is 2.07. The molecule has 3 N–H and O–H groups in total. The number of carbonyl (C=O) groups is 1. The Morgan fingerprint density at radius 1 is 1.19 bits per heavy atom. The smallest absolute Gasteiger partial charge is 0.323 e. The van der Waals surface area contributed by atoms with E-state index in [1.807, 2.05) is 13.0 Å². The number of aliphatic hydroxyl groups excluding tert-OH is 1. The standard InChI is InChI=1S/C16H17ClN2O2/c1-10-6-7-13(17)9-15(10)19-16(21)18-14-5-3-4-12(8-14)11(2)20/h3-9,11,20H,1-2H3,(H2,18,19,21).